The van der Waals surface area contributed by atoms with Crippen molar-refractivity contribution in [2.45, 2.75) is 6.92 Å². The molecule has 0 aliphatic rings. The van der Waals surface area contributed by atoms with E-state index in [-0.39, 0.29) is 5.69 Å². The van der Waals surface area contributed by atoms with E-state index in [2.05, 4.69) is 10.6 Å². The number of anilines is 3. The van der Waals surface area contributed by atoms with Crippen LogP contribution < -0.4 is 10.6 Å². The van der Waals surface area contributed by atoms with Crippen molar-refractivity contribution in [1.29, 1.82) is 0 Å². The third kappa shape index (κ3) is 3.56. The largest absolute Gasteiger partial charge is 0.380 e. The van der Waals surface area contributed by atoms with Crippen molar-refractivity contribution in [2.24, 2.45) is 0 Å². The smallest absolute Gasteiger partial charge is 0.315 e. The number of hydrogen-bond donors (Lipinski definition) is 2. The summed E-state index contributed by atoms with van der Waals surface area (Å²) in [6.45, 7) is 2.46. The minimum absolute atomic E-state index is 0.0320. The third-order valence-electron chi connectivity index (χ3n) is 2.78. The van der Waals surface area contributed by atoms with Gasteiger partial charge in [0.25, 0.3) is 0 Å². The van der Waals surface area contributed by atoms with Gasteiger partial charge in [-0.3, -0.25) is 10.1 Å². The molecule has 0 spiro atoms. The molecule has 0 saturated carbocycles. The van der Waals surface area contributed by atoms with Crippen LogP contribution in [0.4, 0.5) is 22.7 Å². The van der Waals surface area contributed by atoms with Gasteiger partial charge in [0, 0.05) is 11.6 Å². The molecule has 0 aliphatic heterocycles. The van der Waals surface area contributed by atoms with Crippen molar-refractivity contribution in [2.75, 3.05) is 17.2 Å². The molecule has 21 heavy (non-hydrogen) atoms. The van der Waals surface area contributed by atoms with Crippen LogP contribution in [0.25, 0.3) is 0 Å². The van der Waals surface area contributed by atoms with Gasteiger partial charge in [0.05, 0.1) is 15.6 Å². The first kappa shape index (κ1) is 15.4. The molecule has 0 radical (unpaired) electrons. The molecule has 110 valence electrons. The highest BCUT2D eigenvalue weighted by Crippen LogP contribution is 2.36. The number of nitrogens with one attached hydrogen (secondary N) is 2. The van der Waals surface area contributed by atoms with Gasteiger partial charge in [-0.25, -0.2) is 0 Å². The van der Waals surface area contributed by atoms with Crippen LogP contribution in [0.2, 0.25) is 10.0 Å². The van der Waals surface area contributed by atoms with Gasteiger partial charge in [-0.1, -0.05) is 29.3 Å². The molecule has 2 rings (SSSR count). The minimum atomic E-state index is -0.432. The fraction of sp³-hybridized carbons (Fsp3) is 0.143. The molecule has 0 aliphatic carbocycles. The molecule has 0 fully saturated rings. The summed E-state index contributed by atoms with van der Waals surface area (Å²) in [7, 11) is 0. The number of hydrogen-bond acceptors (Lipinski definition) is 4. The highest BCUT2D eigenvalue weighted by molar-refractivity contribution is 6.35. The first-order chi connectivity index (χ1) is 10.0. The highest BCUT2D eigenvalue weighted by atomic mass is 35.5. The van der Waals surface area contributed by atoms with Crippen LogP contribution in [0.1, 0.15) is 6.92 Å². The standard InChI is InChI=1S/C14H13Cl2N3O2/c1-2-17-11-4-3-5-12(14(11)19(20)21)18-13-8-9(15)6-7-10(13)16/h3-8,17-18H,2H2,1H3. The Morgan fingerprint density at radius 1 is 1.14 bits per heavy atom. The zero-order valence-corrected chi connectivity index (χ0v) is 12.7. The first-order valence-electron chi connectivity index (χ1n) is 6.26. The van der Waals surface area contributed by atoms with E-state index in [0.717, 1.165) is 0 Å². The Morgan fingerprint density at radius 3 is 2.52 bits per heavy atom. The lowest BCUT2D eigenvalue weighted by molar-refractivity contribution is -0.383. The second-order valence-corrected chi connectivity index (χ2v) is 5.08. The molecule has 2 aromatic rings. The van der Waals surface area contributed by atoms with Crippen LogP contribution in [0.3, 0.4) is 0 Å². The van der Waals surface area contributed by atoms with Crippen molar-refractivity contribution in [3.05, 3.63) is 56.6 Å². The Kier molecular flexibility index (Phi) is 4.88. The predicted octanol–water partition coefficient (Wildman–Crippen LogP) is 5.08. The number of rotatable bonds is 5. The predicted molar refractivity (Wildman–Crippen MR) is 87.0 cm³/mol. The minimum Gasteiger partial charge on any atom is -0.380 e. The van der Waals surface area contributed by atoms with Gasteiger partial charge in [-0.2, -0.15) is 0 Å². The second kappa shape index (κ2) is 6.65. The maximum absolute atomic E-state index is 11.3. The topological polar surface area (TPSA) is 67.2 Å². The molecule has 7 heteroatoms. The average molecular weight is 326 g/mol. The van der Waals surface area contributed by atoms with Crippen molar-refractivity contribution in [1.82, 2.24) is 0 Å². The molecule has 0 saturated heterocycles. The molecule has 2 aromatic carbocycles. The molecule has 0 unspecified atom stereocenters. The van der Waals surface area contributed by atoms with Gasteiger partial charge in [-0.05, 0) is 37.3 Å². The average Bonchev–Trinajstić information content (AvgIpc) is 2.43. The zero-order chi connectivity index (χ0) is 15.4. The molecule has 0 bridgehead atoms. The van der Waals surface area contributed by atoms with Crippen molar-refractivity contribution in [3.63, 3.8) is 0 Å². The lowest BCUT2D eigenvalue weighted by Gasteiger charge is -2.12. The Labute approximate surface area is 132 Å². The van der Waals surface area contributed by atoms with Crippen molar-refractivity contribution < 1.29 is 4.92 Å². The fourth-order valence-electron chi connectivity index (χ4n) is 1.91. The summed E-state index contributed by atoms with van der Waals surface area (Å²) in [6.07, 6.45) is 0. The van der Waals surface area contributed by atoms with Gasteiger partial charge in [0.1, 0.15) is 11.4 Å². The summed E-state index contributed by atoms with van der Waals surface area (Å²) >= 11 is 12.0. The third-order valence-corrected chi connectivity index (χ3v) is 3.35. The van der Waals surface area contributed by atoms with Gasteiger partial charge < -0.3 is 10.6 Å². The Hall–Kier alpha value is -1.98. The SMILES string of the molecule is CCNc1cccc(Nc2cc(Cl)ccc2Cl)c1[N+](=O)[O-]. The quantitative estimate of drug-likeness (QED) is 0.594. The molecule has 5 nitrogen and oxygen atoms in total. The van der Waals surface area contributed by atoms with E-state index in [1.165, 1.54) is 0 Å². The van der Waals surface area contributed by atoms with Crippen LogP contribution in [-0.2, 0) is 0 Å². The van der Waals surface area contributed by atoms with Crippen molar-refractivity contribution >= 4 is 46.0 Å². The van der Waals surface area contributed by atoms with Gasteiger partial charge >= 0.3 is 5.69 Å². The summed E-state index contributed by atoms with van der Waals surface area (Å²) in [5.41, 5.74) is 1.28. The van der Waals surface area contributed by atoms with E-state index in [0.29, 0.717) is 33.7 Å². The first-order valence-corrected chi connectivity index (χ1v) is 7.02. The van der Waals surface area contributed by atoms with E-state index < -0.39 is 4.92 Å². The lowest BCUT2D eigenvalue weighted by atomic mass is 10.2. The van der Waals surface area contributed by atoms with Crippen LogP contribution in [0, 0.1) is 10.1 Å². The number of nitrogens with zero attached hydrogens (tertiary/aromatic N) is 1. The van der Waals surface area contributed by atoms with Crippen LogP contribution in [0.5, 0.6) is 0 Å². The molecule has 0 aromatic heterocycles. The monoisotopic (exact) mass is 325 g/mol. The molecule has 0 heterocycles. The van der Waals surface area contributed by atoms with E-state index in [9.17, 15) is 10.1 Å². The molecular formula is C14H13Cl2N3O2. The summed E-state index contributed by atoms with van der Waals surface area (Å²) in [6, 6.07) is 9.91. The van der Waals surface area contributed by atoms with E-state index in [4.69, 9.17) is 23.2 Å². The zero-order valence-electron chi connectivity index (χ0n) is 11.2. The molecule has 2 N–H and O–H groups in total. The summed E-state index contributed by atoms with van der Waals surface area (Å²) in [4.78, 5) is 10.9. The van der Waals surface area contributed by atoms with E-state index >= 15 is 0 Å². The normalized spacial score (nSPS) is 10.2. The lowest BCUT2D eigenvalue weighted by Crippen LogP contribution is -2.04. The number of benzene rings is 2. The highest BCUT2D eigenvalue weighted by Gasteiger charge is 2.20. The number of para-hydroxylation sites is 1. The second-order valence-electron chi connectivity index (χ2n) is 4.24. The fourth-order valence-corrected chi connectivity index (χ4v) is 2.25. The maximum Gasteiger partial charge on any atom is 0.315 e. The Morgan fingerprint density at radius 2 is 1.86 bits per heavy atom. The van der Waals surface area contributed by atoms with Crippen LogP contribution in [0.15, 0.2) is 36.4 Å². The summed E-state index contributed by atoms with van der Waals surface area (Å²) in [5.74, 6) is 0. The van der Waals surface area contributed by atoms with Crippen LogP contribution >= 0.6 is 23.2 Å². The van der Waals surface area contributed by atoms with E-state index in [1.54, 1.807) is 36.4 Å². The number of nitro groups is 1. The number of nitro benzene ring substituents is 1. The van der Waals surface area contributed by atoms with Gasteiger partial charge in [-0.15, -0.1) is 0 Å². The number of halogens is 2. The van der Waals surface area contributed by atoms with Gasteiger partial charge in [0.15, 0.2) is 0 Å². The Bertz CT molecular complexity index is 677. The summed E-state index contributed by atoms with van der Waals surface area (Å²) < 4.78 is 0. The molecular weight excluding hydrogens is 313 g/mol. The van der Waals surface area contributed by atoms with Crippen LogP contribution in [-0.4, -0.2) is 11.5 Å². The van der Waals surface area contributed by atoms with Gasteiger partial charge in [0.2, 0.25) is 0 Å². The Balaban J connectivity index is 2.46. The molecule has 0 amide bonds. The van der Waals surface area contributed by atoms with Crippen molar-refractivity contribution in [3.8, 4) is 0 Å². The summed E-state index contributed by atoms with van der Waals surface area (Å²) in [5, 5.41) is 18.2. The maximum atomic E-state index is 11.3. The molecule has 0 atom stereocenters. The van der Waals surface area contributed by atoms with E-state index in [1.807, 2.05) is 6.92 Å².